The Hall–Kier alpha value is -3.96. The number of aromatic nitrogens is 4. The van der Waals surface area contributed by atoms with Crippen molar-refractivity contribution in [3.05, 3.63) is 124 Å². The van der Waals surface area contributed by atoms with Gasteiger partial charge < -0.3 is 30.3 Å². The van der Waals surface area contributed by atoms with Crippen LogP contribution in [0.25, 0.3) is 0 Å². The Morgan fingerprint density at radius 2 is 1.26 bits per heavy atom. The number of carbonyl (C=O) groups is 2. The first-order valence-corrected chi connectivity index (χ1v) is 17.0. The fraction of sp³-hybridized carbons (Fsp3) is 0.250. The van der Waals surface area contributed by atoms with Gasteiger partial charge in [-0.2, -0.15) is 9.97 Å². The minimum absolute atomic E-state index is 0.161. The number of ether oxygens (including phenoxy) is 2. The zero-order chi connectivity index (χ0) is 35.9. The van der Waals surface area contributed by atoms with Crippen molar-refractivity contribution in [3.8, 4) is 0 Å². The van der Waals surface area contributed by atoms with E-state index in [4.69, 9.17) is 19.7 Å². The maximum atomic E-state index is 14.3. The van der Waals surface area contributed by atoms with E-state index in [9.17, 15) is 28.0 Å². The molecule has 50 heavy (non-hydrogen) atoms. The van der Waals surface area contributed by atoms with Crippen LogP contribution in [0, 0.1) is 18.8 Å². The monoisotopic (exact) mass is 916 g/mol. The number of rotatable bonds is 8. The van der Waals surface area contributed by atoms with Gasteiger partial charge in [-0.3, -0.25) is 18.7 Å². The summed E-state index contributed by atoms with van der Waals surface area (Å²) >= 11 is 4.20. The van der Waals surface area contributed by atoms with Gasteiger partial charge in [-0.15, -0.1) is 0 Å². The maximum absolute atomic E-state index is 14.3. The Balaban J connectivity index is 0.000000194. The van der Waals surface area contributed by atoms with Gasteiger partial charge in [0.05, 0.1) is 31.7 Å². The van der Waals surface area contributed by atoms with Gasteiger partial charge in [0.2, 0.25) is 0 Å². The van der Waals surface area contributed by atoms with E-state index in [0.29, 0.717) is 24.0 Å². The molecule has 0 radical (unpaired) electrons. The normalized spacial score (nSPS) is 19.5. The molecule has 0 bridgehead atoms. The highest BCUT2D eigenvalue weighted by Gasteiger charge is 2.28. The number of aliphatic hydroxyl groups is 2. The summed E-state index contributed by atoms with van der Waals surface area (Å²) < 4.78 is 43.2. The molecule has 14 nitrogen and oxygen atoms in total. The molecular formula is C32H28F2I2N6O8. The summed E-state index contributed by atoms with van der Waals surface area (Å²) in [7, 11) is 0. The van der Waals surface area contributed by atoms with Crippen LogP contribution in [0.4, 0.5) is 20.4 Å². The molecule has 2 aliphatic heterocycles. The van der Waals surface area contributed by atoms with E-state index in [1.165, 1.54) is 6.08 Å². The SMILES string of the molecule is O=C(Nc1nc(=O)n([C@H]2C=C[C@@H](CO)O2)cc1F)c1ccc(I)cc1.O=C(Nc1nc(=O)n([C@H]2CC[C@@H](CO)O2)cc1F)c1ccc(I)cc1. The number of halogens is 4. The molecule has 4 aromatic rings. The number of hydrogen-bond acceptors (Lipinski definition) is 10. The van der Waals surface area contributed by atoms with E-state index < -0.39 is 65.0 Å². The lowest BCUT2D eigenvalue weighted by atomic mass is 10.2. The predicted octanol–water partition coefficient (Wildman–Crippen LogP) is 3.59. The van der Waals surface area contributed by atoms with Gasteiger partial charge in [0.25, 0.3) is 11.8 Å². The second-order valence-corrected chi connectivity index (χ2v) is 13.3. The number of nitrogens with one attached hydrogen (secondary N) is 2. The second kappa shape index (κ2) is 16.8. The second-order valence-electron chi connectivity index (χ2n) is 10.8. The molecule has 262 valence electrons. The third-order valence-electron chi connectivity index (χ3n) is 7.35. The molecule has 4 heterocycles. The Kier molecular flexibility index (Phi) is 12.6. The fourth-order valence-electron chi connectivity index (χ4n) is 4.79. The Morgan fingerprint density at radius 1 is 0.760 bits per heavy atom. The van der Waals surface area contributed by atoms with Crippen LogP contribution in [0.1, 0.15) is 46.0 Å². The van der Waals surface area contributed by atoms with E-state index in [2.05, 4.69) is 65.8 Å². The van der Waals surface area contributed by atoms with Gasteiger partial charge in [-0.05, 0) is 113 Å². The molecule has 1 fully saturated rings. The van der Waals surface area contributed by atoms with Crippen LogP contribution < -0.4 is 22.0 Å². The predicted molar refractivity (Wildman–Crippen MR) is 191 cm³/mol. The van der Waals surface area contributed by atoms with Crippen LogP contribution >= 0.6 is 45.2 Å². The topological polar surface area (TPSA) is 187 Å². The molecule has 2 aromatic heterocycles. The van der Waals surface area contributed by atoms with E-state index >= 15 is 0 Å². The summed E-state index contributed by atoms with van der Waals surface area (Å²) in [6.45, 7) is -0.410. The minimum Gasteiger partial charge on any atom is -0.394 e. The van der Waals surface area contributed by atoms with Gasteiger partial charge in [-0.25, -0.2) is 18.4 Å². The van der Waals surface area contributed by atoms with Gasteiger partial charge in [0.15, 0.2) is 29.5 Å². The standard InChI is InChI=1S/C16H15FIN3O4.C16H13FIN3O4/c2*17-12-7-21(13-6-5-11(8-22)25-13)16(24)20-14(12)19-15(23)9-1-3-10(18)4-2-9/h1-4,7,11,13,22H,5-6,8H2,(H,19,20,23,24);1-7,11,13,22H,8H2,(H,19,20,23,24)/t2*11-,13+/m00/s1. The van der Waals surface area contributed by atoms with E-state index in [-0.39, 0.29) is 19.3 Å². The maximum Gasteiger partial charge on any atom is 0.352 e. The average Bonchev–Trinajstić information content (AvgIpc) is 3.79. The molecule has 2 aliphatic rings. The van der Waals surface area contributed by atoms with Crippen molar-refractivity contribution in [3.63, 3.8) is 0 Å². The number of amides is 2. The third kappa shape index (κ3) is 9.23. The van der Waals surface area contributed by atoms with Crippen molar-refractivity contribution >= 4 is 68.6 Å². The molecule has 4 atom stereocenters. The Morgan fingerprint density at radius 3 is 1.72 bits per heavy atom. The molecule has 0 saturated carbocycles. The van der Waals surface area contributed by atoms with Crippen LogP contribution in [0.15, 0.2) is 82.7 Å². The summed E-state index contributed by atoms with van der Waals surface area (Å²) in [5.74, 6) is -3.72. The van der Waals surface area contributed by atoms with Crippen LogP contribution in [0.2, 0.25) is 0 Å². The summed E-state index contributed by atoms with van der Waals surface area (Å²) in [6, 6.07) is 13.3. The molecule has 2 aromatic carbocycles. The summed E-state index contributed by atoms with van der Waals surface area (Å²) in [5, 5.41) is 22.7. The molecule has 0 aliphatic carbocycles. The van der Waals surface area contributed by atoms with Crippen molar-refractivity contribution < 1.29 is 38.1 Å². The van der Waals surface area contributed by atoms with Crippen molar-refractivity contribution in [2.45, 2.75) is 37.5 Å². The first-order valence-electron chi connectivity index (χ1n) is 14.9. The number of nitrogens with zero attached hydrogens (tertiary/aromatic N) is 4. The van der Waals surface area contributed by atoms with E-state index in [0.717, 1.165) is 28.7 Å². The molecule has 1 saturated heterocycles. The number of benzene rings is 2. The Bertz CT molecular complexity index is 2010. The van der Waals surface area contributed by atoms with E-state index in [1.54, 1.807) is 54.6 Å². The van der Waals surface area contributed by atoms with Gasteiger partial charge in [0.1, 0.15) is 12.3 Å². The highest BCUT2D eigenvalue weighted by atomic mass is 127. The van der Waals surface area contributed by atoms with Crippen LogP contribution in [0.5, 0.6) is 0 Å². The average molecular weight is 916 g/mol. The third-order valence-corrected chi connectivity index (χ3v) is 8.79. The number of carbonyl (C=O) groups excluding carboxylic acids is 2. The zero-order valence-electron chi connectivity index (χ0n) is 25.7. The van der Waals surface area contributed by atoms with Crippen molar-refractivity contribution in [2.24, 2.45) is 0 Å². The van der Waals surface area contributed by atoms with Crippen molar-refractivity contribution in [2.75, 3.05) is 23.8 Å². The summed E-state index contributed by atoms with van der Waals surface area (Å²) in [4.78, 5) is 55.7. The zero-order valence-corrected chi connectivity index (χ0v) is 30.0. The molecule has 2 amide bonds. The van der Waals surface area contributed by atoms with E-state index in [1.807, 2.05) is 0 Å². The number of aliphatic hydroxyl groups excluding tert-OH is 2. The van der Waals surface area contributed by atoms with Crippen molar-refractivity contribution in [1.82, 2.24) is 19.1 Å². The van der Waals surface area contributed by atoms with Gasteiger partial charge >= 0.3 is 11.4 Å². The summed E-state index contributed by atoms with van der Waals surface area (Å²) in [6.07, 6.45) is 3.55. The highest BCUT2D eigenvalue weighted by molar-refractivity contribution is 14.1. The molecule has 4 N–H and O–H groups in total. The number of hydrogen-bond donors (Lipinski definition) is 4. The molecular weight excluding hydrogens is 888 g/mol. The van der Waals surface area contributed by atoms with Crippen LogP contribution in [-0.2, 0) is 9.47 Å². The van der Waals surface area contributed by atoms with Gasteiger partial charge in [0, 0.05) is 18.3 Å². The largest absolute Gasteiger partial charge is 0.394 e. The molecule has 6 rings (SSSR count). The quantitative estimate of drug-likeness (QED) is 0.150. The van der Waals surface area contributed by atoms with Crippen molar-refractivity contribution in [1.29, 1.82) is 0 Å². The molecule has 0 unspecified atom stereocenters. The highest BCUT2D eigenvalue weighted by Crippen LogP contribution is 2.27. The molecule has 0 spiro atoms. The van der Waals surface area contributed by atoms with Gasteiger partial charge in [-0.1, -0.05) is 6.08 Å². The Labute approximate surface area is 309 Å². The summed E-state index contributed by atoms with van der Waals surface area (Å²) in [5.41, 5.74) is -0.871. The van der Waals surface area contributed by atoms with Crippen LogP contribution in [0.3, 0.4) is 0 Å². The fourth-order valence-corrected chi connectivity index (χ4v) is 5.51. The lowest BCUT2D eigenvalue weighted by Crippen LogP contribution is -2.30. The minimum atomic E-state index is -0.872. The van der Waals surface area contributed by atoms with Crippen LogP contribution in [-0.4, -0.2) is 66.6 Å². The lowest BCUT2D eigenvalue weighted by Gasteiger charge is -2.15. The first kappa shape index (κ1) is 37.3. The first-order chi connectivity index (χ1) is 23.9. The smallest absolute Gasteiger partial charge is 0.352 e. The lowest BCUT2D eigenvalue weighted by molar-refractivity contribution is -0.0249. The number of anilines is 2. The molecule has 18 heteroatoms.